The van der Waals surface area contributed by atoms with Crippen molar-refractivity contribution in [3.05, 3.63) is 23.4 Å². The Morgan fingerprint density at radius 2 is 1.95 bits per heavy atom. The van der Waals surface area contributed by atoms with Gasteiger partial charge in [-0.3, -0.25) is 9.59 Å². The first-order chi connectivity index (χ1) is 9.27. The Bertz CT molecular complexity index is 483. The van der Waals surface area contributed by atoms with E-state index in [0.29, 0.717) is 12.2 Å². The van der Waals surface area contributed by atoms with Crippen LogP contribution in [0.1, 0.15) is 31.5 Å². The van der Waals surface area contributed by atoms with E-state index in [-0.39, 0.29) is 11.8 Å². The van der Waals surface area contributed by atoms with Crippen LogP contribution in [0.25, 0.3) is 0 Å². The number of pyridine rings is 1. The number of carbonyl (C=O) groups is 2. The lowest BCUT2D eigenvalue weighted by Crippen LogP contribution is -2.44. The van der Waals surface area contributed by atoms with Crippen molar-refractivity contribution in [2.75, 3.05) is 5.32 Å². The first-order valence-electron chi connectivity index (χ1n) is 6.60. The molecule has 0 fully saturated rings. The van der Waals surface area contributed by atoms with Gasteiger partial charge in [-0.1, -0.05) is 13.8 Å². The van der Waals surface area contributed by atoms with Gasteiger partial charge in [-0.2, -0.15) is 0 Å². The molecule has 5 nitrogen and oxygen atoms in total. The van der Waals surface area contributed by atoms with Crippen molar-refractivity contribution in [1.29, 1.82) is 0 Å². The molecule has 0 saturated carbocycles. The fraction of sp³-hybridized carbons (Fsp3) is 0.500. The SMILES string of the molecule is [B]C(=O)NC(CC(C)C)C(=O)Nc1cc(C)cc(C)n1. The average Bonchev–Trinajstić information content (AvgIpc) is 2.24. The molecular weight excluding hydrogens is 253 g/mol. The van der Waals surface area contributed by atoms with Gasteiger partial charge in [0.05, 0.1) is 0 Å². The first kappa shape index (κ1) is 16.2. The number of rotatable bonds is 5. The third kappa shape index (κ3) is 5.42. The number of carbonyl (C=O) groups excluding carboxylic acids is 2. The summed E-state index contributed by atoms with van der Waals surface area (Å²) in [5, 5.41) is 5.17. The standard InChI is InChI=1S/C14H20BN3O2/c1-8(2)5-11(17-14(15)20)13(19)18-12-7-9(3)6-10(4)16-12/h6-8,11H,5H2,1-4H3,(H,17,20)(H,16,18,19). The molecule has 2 N–H and O–H groups in total. The van der Waals surface area contributed by atoms with Crippen LogP contribution in [0.4, 0.5) is 10.6 Å². The van der Waals surface area contributed by atoms with Gasteiger partial charge in [-0.25, -0.2) is 4.98 Å². The number of amides is 2. The van der Waals surface area contributed by atoms with Crippen molar-refractivity contribution >= 4 is 25.4 Å². The summed E-state index contributed by atoms with van der Waals surface area (Å²) >= 11 is 0. The molecule has 6 heteroatoms. The molecule has 0 bridgehead atoms. The topological polar surface area (TPSA) is 71.1 Å². The van der Waals surface area contributed by atoms with Crippen LogP contribution in [0.2, 0.25) is 0 Å². The molecule has 1 unspecified atom stereocenters. The van der Waals surface area contributed by atoms with E-state index < -0.39 is 11.8 Å². The molecule has 0 aliphatic carbocycles. The third-order valence-corrected chi connectivity index (χ3v) is 2.69. The summed E-state index contributed by atoms with van der Waals surface area (Å²) in [5.41, 5.74) is 1.83. The second-order valence-corrected chi connectivity index (χ2v) is 5.35. The van der Waals surface area contributed by atoms with E-state index in [1.54, 1.807) is 6.07 Å². The van der Waals surface area contributed by atoms with Crippen molar-refractivity contribution in [2.24, 2.45) is 5.92 Å². The van der Waals surface area contributed by atoms with Gasteiger partial charge >= 0.3 is 0 Å². The van der Waals surface area contributed by atoms with Crippen LogP contribution in [0.3, 0.4) is 0 Å². The number of nitrogens with zero attached hydrogens (tertiary/aromatic N) is 1. The zero-order chi connectivity index (χ0) is 15.3. The first-order valence-corrected chi connectivity index (χ1v) is 6.60. The molecule has 0 aliphatic heterocycles. The van der Waals surface area contributed by atoms with E-state index in [2.05, 4.69) is 15.6 Å². The Morgan fingerprint density at radius 1 is 1.30 bits per heavy atom. The van der Waals surface area contributed by atoms with Crippen LogP contribution in [-0.4, -0.2) is 30.6 Å². The maximum absolute atomic E-state index is 12.2. The Balaban J connectivity index is 2.81. The number of aromatic nitrogens is 1. The van der Waals surface area contributed by atoms with Gasteiger partial charge in [0.25, 0.3) is 0 Å². The van der Waals surface area contributed by atoms with Crippen molar-refractivity contribution in [1.82, 2.24) is 10.3 Å². The van der Waals surface area contributed by atoms with E-state index in [4.69, 9.17) is 7.85 Å². The van der Waals surface area contributed by atoms with Gasteiger partial charge in [0.2, 0.25) is 13.8 Å². The van der Waals surface area contributed by atoms with Crippen LogP contribution >= 0.6 is 0 Å². The highest BCUT2D eigenvalue weighted by Crippen LogP contribution is 2.11. The molecule has 0 aromatic carbocycles. The lowest BCUT2D eigenvalue weighted by atomic mass is 10.0. The lowest BCUT2D eigenvalue weighted by molar-refractivity contribution is -0.118. The molecule has 0 spiro atoms. The Hall–Kier alpha value is -1.85. The monoisotopic (exact) mass is 273 g/mol. The van der Waals surface area contributed by atoms with Crippen molar-refractivity contribution < 1.29 is 9.59 Å². The van der Waals surface area contributed by atoms with Gasteiger partial charge < -0.3 is 10.6 Å². The highest BCUT2D eigenvalue weighted by Gasteiger charge is 2.20. The van der Waals surface area contributed by atoms with Crippen molar-refractivity contribution in [2.45, 2.75) is 40.2 Å². The van der Waals surface area contributed by atoms with E-state index >= 15 is 0 Å². The van der Waals surface area contributed by atoms with Gasteiger partial charge in [0.15, 0.2) is 5.81 Å². The summed E-state index contributed by atoms with van der Waals surface area (Å²) in [6.07, 6.45) is 0.513. The molecule has 20 heavy (non-hydrogen) atoms. The molecule has 106 valence electrons. The normalized spacial score (nSPS) is 12.1. The third-order valence-electron chi connectivity index (χ3n) is 2.69. The molecule has 1 atom stereocenters. The number of aryl methyl sites for hydroxylation is 2. The Morgan fingerprint density at radius 3 is 2.45 bits per heavy atom. The fourth-order valence-corrected chi connectivity index (χ4v) is 1.99. The van der Waals surface area contributed by atoms with Crippen molar-refractivity contribution in [3.63, 3.8) is 0 Å². The zero-order valence-electron chi connectivity index (χ0n) is 12.4. The van der Waals surface area contributed by atoms with Crippen LogP contribution in [-0.2, 0) is 4.79 Å². The minimum Gasteiger partial charge on any atom is -0.354 e. The fourth-order valence-electron chi connectivity index (χ4n) is 1.99. The number of anilines is 1. The molecule has 1 aromatic rings. The van der Waals surface area contributed by atoms with Crippen LogP contribution < -0.4 is 10.6 Å². The number of nitrogens with one attached hydrogen (secondary N) is 2. The van der Waals surface area contributed by atoms with Crippen LogP contribution in [0.5, 0.6) is 0 Å². The second kappa shape index (κ2) is 7.08. The second-order valence-electron chi connectivity index (χ2n) is 5.35. The molecule has 1 heterocycles. The quantitative estimate of drug-likeness (QED) is 0.805. The number of hydrogen-bond donors (Lipinski definition) is 2. The summed E-state index contributed by atoms with van der Waals surface area (Å²) in [5.74, 6) is -0.286. The molecular formula is C14H20BN3O2. The molecule has 0 aliphatic rings. The molecule has 1 aromatic heterocycles. The molecule has 2 amide bonds. The average molecular weight is 273 g/mol. The summed E-state index contributed by atoms with van der Waals surface area (Å²) in [4.78, 5) is 27.4. The van der Waals surface area contributed by atoms with E-state index in [0.717, 1.165) is 11.3 Å². The maximum atomic E-state index is 12.2. The largest absolute Gasteiger partial charge is 0.354 e. The smallest absolute Gasteiger partial charge is 0.248 e. The van der Waals surface area contributed by atoms with E-state index in [1.165, 1.54) is 0 Å². The van der Waals surface area contributed by atoms with Gasteiger partial charge in [-0.05, 0) is 43.9 Å². The van der Waals surface area contributed by atoms with Gasteiger partial charge in [0, 0.05) is 5.69 Å². The predicted octanol–water partition coefficient (Wildman–Crippen LogP) is 1.93. The van der Waals surface area contributed by atoms with Gasteiger partial charge in [-0.15, -0.1) is 0 Å². The van der Waals surface area contributed by atoms with E-state index in [9.17, 15) is 9.59 Å². The summed E-state index contributed by atoms with van der Waals surface area (Å²) in [6, 6.07) is 3.04. The Kier molecular flexibility index (Phi) is 5.73. The summed E-state index contributed by atoms with van der Waals surface area (Å²) in [7, 11) is 5.10. The highest BCUT2D eigenvalue weighted by molar-refractivity contribution is 6.57. The number of hydrogen-bond acceptors (Lipinski definition) is 3. The summed E-state index contributed by atoms with van der Waals surface area (Å²) < 4.78 is 0. The molecule has 0 saturated heterocycles. The van der Waals surface area contributed by atoms with Gasteiger partial charge in [0.1, 0.15) is 11.9 Å². The molecule has 2 radical (unpaired) electrons. The molecule has 1 rings (SSSR count). The predicted molar refractivity (Wildman–Crippen MR) is 79.9 cm³/mol. The minimum atomic E-state index is -0.709. The maximum Gasteiger partial charge on any atom is 0.248 e. The Labute approximate surface area is 121 Å². The summed E-state index contributed by atoms with van der Waals surface area (Å²) in [6.45, 7) is 7.73. The minimum absolute atomic E-state index is 0.254. The van der Waals surface area contributed by atoms with Crippen LogP contribution in [0, 0.1) is 19.8 Å². The lowest BCUT2D eigenvalue weighted by Gasteiger charge is -2.19. The van der Waals surface area contributed by atoms with Crippen molar-refractivity contribution in [3.8, 4) is 0 Å². The highest BCUT2D eigenvalue weighted by atomic mass is 16.2. The van der Waals surface area contributed by atoms with E-state index in [1.807, 2.05) is 33.8 Å². The zero-order valence-corrected chi connectivity index (χ0v) is 12.4. The van der Waals surface area contributed by atoms with Crippen LogP contribution in [0.15, 0.2) is 12.1 Å².